The molecule has 0 atom stereocenters. The first-order chi connectivity index (χ1) is 9.90. The van der Waals surface area contributed by atoms with Crippen molar-refractivity contribution in [3.63, 3.8) is 0 Å². The monoisotopic (exact) mass is 289 g/mol. The zero-order chi connectivity index (χ0) is 15.6. The molecular formula is C14H15N3O4. The molecule has 2 rings (SSSR count). The van der Waals surface area contributed by atoms with Gasteiger partial charge in [0.15, 0.2) is 0 Å². The molecule has 4 N–H and O–H groups in total. The zero-order valence-electron chi connectivity index (χ0n) is 11.4. The first-order valence-corrected chi connectivity index (χ1v) is 6.31. The van der Waals surface area contributed by atoms with Gasteiger partial charge in [-0.15, -0.1) is 0 Å². The lowest BCUT2D eigenvalue weighted by Crippen LogP contribution is -2.32. The van der Waals surface area contributed by atoms with Gasteiger partial charge in [0.25, 0.3) is 5.56 Å². The molecule has 2 aromatic rings. The van der Waals surface area contributed by atoms with E-state index in [2.05, 4.69) is 4.98 Å². The van der Waals surface area contributed by atoms with Crippen LogP contribution in [0.2, 0.25) is 0 Å². The van der Waals surface area contributed by atoms with Crippen molar-refractivity contribution < 1.29 is 9.90 Å². The first-order valence-electron chi connectivity index (χ1n) is 6.31. The Balaban J connectivity index is 2.62. The average Bonchev–Trinajstić information content (AvgIpc) is 2.37. The Morgan fingerprint density at radius 1 is 1.38 bits per heavy atom. The number of aromatic amines is 1. The Bertz CT molecular complexity index is 805. The van der Waals surface area contributed by atoms with Crippen LogP contribution in [0.1, 0.15) is 12.0 Å². The third kappa shape index (κ3) is 3.02. The van der Waals surface area contributed by atoms with E-state index in [9.17, 15) is 19.5 Å². The molecular weight excluding hydrogens is 274 g/mol. The van der Waals surface area contributed by atoms with Crippen LogP contribution in [0.3, 0.4) is 0 Å². The van der Waals surface area contributed by atoms with E-state index < -0.39 is 23.0 Å². The molecule has 0 unspecified atom stereocenters. The summed E-state index contributed by atoms with van der Waals surface area (Å²) in [5, 5.41) is 10.2. The van der Waals surface area contributed by atoms with E-state index in [1.807, 2.05) is 13.0 Å². The highest BCUT2D eigenvalue weighted by Crippen LogP contribution is 2.24. The number of hydrogen-bond acceptors (Lipinski definition) is 4. The van der Waals surface area contributed by atoms with E-state index in [0.717, 1.165) is 10.1 Å². The summed E-state index contributed by atoms with van der Waals surface area (Å²) in [6.07, 6.45) is -0.118. The van der Waals surface area contributed by atoms with Gasteiger partial charge >= 0.3 is 5.69 Å². The van der Waals surface area contributed by atoms with Gasteiger partial charge in [-0.3, -0.25) is 19.1 Å². The molecule has 0 fully saturated rings. The third-order valence-electron chi connectivity index (χ3n) is 3.06. The Morgan fingerprint density at radius 2 is 2.10 bits per heavy atom. The largest absolute Gasteiger partial charge is 0.494 e. The van der Waals surface area contributed by atoms with Crippen molar-refractivity contribution in [3.8, 4) is 17.0 Å². The smallest absolute Gasteiger partial charge is 0.331 e. The molecule has 110 valence electrons. The quantitative estimate of drug-likeness (QED) is 0.739. The molecule has 1 amide bonds. The Labute approximate surface area is 119 Å². The maximum atomic E-state index is 11.9. The lowest BCUT2D eigenvalue weighted by atomic mass is 10.1. The number of carbonyl (C=O) groups excluding carboxylic acids is 1. The van der Waals surface area contributed by atoms with Crippen molar-refractivity contribution in [1.82, 2.24) is 9.55 Å². The number of hydrogen-bond donors (Lipinski definition) is 3. The summed E-state index contributed by atoms with van der Waals surface area (Å²) in [5.41, 5.74) is 4.95. The van der Waals surface area contributed by atoms with Gasteiger partial charge < -0.3 is 10.8 Å². The van der Waals surface area contributed by atoms with Crippen LogP contribution >= 0.6 is 0 Å². The van der Waals surface area contributed by atoms with Crippen molar-refractivity contribution in [2.45, 2.75) is 19.9 Å². The molecule has 0 saturated heterocycles. The lowest BCUT2D eigenvalue weighted by molar-refractivity contribution is -0.118. The number of aromatic nitrogens is 2. The highest BCUT2D eigenvalue weighted by atomic mass is 16.3. The molecule has 0 aliphatic carbocycles. The predicted octanol–water partition coefficient (Wildman–Crippen LogP) is 0.0930. The minimum atomic E-state index is -0.782. The maximum absolute atomic E-state index is 11.9. The van der Waals surface area contributed by atoms with E-state index in [1.165, 1.54) is 0 Å². The zero-order valence-corrected chi connectivity index (χ0v) is 11.4. The summed E-state index contributed by atoms with van der Waals surface area (Å²) in [7, 11) is 0. The molecule has 1 aromatic heterocycles. The van der Waals surface area contributed by atoms with Crippen molar-refractivity contribution in [1.29, 1.82) is 0 Å². The average molecular weight is 289 g/mol. The second-order valence-electron chi connectivity index (χ2n) is 4.70. The van der Waals surface area contributed by atoms with Crippen LogP contribution in [0.25, 0.3) is 11.1 Å². The van der Waals surface area contributed by atoms with Crippen LogP contribution in [-0.2, 0) is 11.3 Å². The fourth-order valence-electron chi connectivity index (χ4n) is 2.05. The second-order valence-corrected chi connectivity index (χ2v) is 4.70. The molecule has 7 heteroatoms. The number of aryl methyl sites for hydroxylation is 1. The molecule has 1 heterocycles. The Hall–Kier alpha value is -2.83. The van der Waals surface area contributed by atoms with Crippen LogP contribution in [0.15, 0.2) is 33.9 Å². The van der Waals surface area contributed by atoms with Crippen molar-refractivity contribution in [2.24, 2.45) is 5.73 Å². The molecule has 0 radical (unpaired) electrons. The normalized spacial score (nSPS) is 10.5. The number of nitrogens with two attached hydrogens (primary N) is 1. The molecule has 7 nitrogen and oxygen atoms in total. The molecule has 1 aromatic carbocycles. The van der Waals surface area contributed by atoms with Gasteiger partial charge in [0.2, 0.25) is 11.8 Å². The summed E-state index contributed by atoms with van der Waals surface area (Å²) in [4.78, 5) is 36.6. The summed E-state index contributed by atoms with van der Waals surface area (Å²) in [5.74, 6) is -1.08. The lowest BCUT2D eigenvalue weighted by Gasteiger charge is -2.11. The van der Waals surface area contributed by atoms with Crippen LogP contribution in [0, 0.1) is 6.92 Å². The second kappa shape index (κ2) is 5.66. The number of benzene rings is 1. The van der Waals surface area contributed by atoms with Gasteiger partial charge in [-0.2, -0.15) is 0 Å². The number of nitrogens with one attached hydrogen (secondary N) is 1. The van der Waals surface area contributed by atoms with Gasteiger partial charge in [0.05, 0.1) is 0 Å². The molecule has 0 bridgehead atoms. The van der Waals surface area contributed by atoms with Crippen LogP contribution in [0.5, 0.6) is 5.88 Å². The molecule has 0 aliphatic heterocycles. The number of H-pyrrole nitrogens is 1. The maximum Gasteiger partial charge on any atom is 0.331 e. The fourth-order valence-corrected chi connectivity index (χ4v) is 2.05. The summed E-state index contributed by atoms with van der Waals surface area (Å²) < 4.78 is 0.920. The SMILES string of the molecule is Cc1cccc(-c2c(O)n(CCC(N)=O)c(=O)[nH]c2=O)c1. The Morgan fingerprint density at radius 3 is 2.71 bits per heavy atom. The number of aromatic hydroxyl groups is 1. The number of carbonyl (C=O) groups is 1. The van der Waals surface area contributed by atoms with Crippen molar-refractivity contribution in [3.05, 3.63) is 50.7 Å². The highest BCUT2D eigenvalue weighted by Gasteiger charge is 2.16. The van der Waals surface area contributed by atoms with E-state index in [0.29, 0.717) is 5.56 Å². The number of rotatable bonds is 4. The number of nitrogens with zero attached hydrogens (tertiary/aromatic N) is 1. The van der Waals surface area contributed by atoms with Gasteiger partial charge in [-0.25, -0.2) is 4.79 Å². The first kappa shape index (κ1) is 14.6. The highest BCUT2D eigenvalue weighted by molar-refractivity contribution is 5.73. The van der Waals surface area contributed by atoms with Crippen LogP contribution in [0.4, 0.5) is 0 Å². The molecule has 0 spiro atoms. The summed E-state index contributed by atoms with van der Waals surface area (Å²) in [6.45, 7) is 1.74. The van der Waals surface area contributed by atoms with E-state index in [4.69, 9.17) is 5.73 Å². The predicted molar refractivity (Wildman–Crippen MR) is 77.0 cm³/mol. The third-order valence-corrected chi connectivity index (χ3v) is 3.06. The summed E-state index contributed by atoms with van der Waals surface area (Å²) >= 11 is 0. The van der Waals surface area contributed by atoms with E-state index >= 15 is 0 Å². The summed E-state index contributed by atoms with van der Waals surface area (Å²) in [6, 6.07) is 6.95. The van der Waals surface area contributed by atoms with Crippen LogP contribution < -0.4 is 17.0 Å². The van der Waals surface area contributed by atoms with Crippen LogP contribution in [-0.4, -0.2) is 20.6 Å². The molecule has 21 heavy (non-hydrogen) atoms. The minimum absolute atomic E-state index is 0.0113. The van der Waals surface area contributed by atoms with Crippen molar-refractivity contribution in [2.75, 3.05) is 0 Å². The standard InChI is InChI=1S/C14H15N3O4/c1-8-3-2-4-9(7-8)11-12(19)16-14(21)17(13(11)20)6-5-10(15)18/h2-4,7,20H,5-6H2,1H3,(H2,15,18)(H,16,19,21). The number of amides is 1. The van der Waals surface area contributed by atoms with Gasteiger partial charge in [-0.05, 0) is 12.5 Å². The Kier molecular flexibility index (Phi) is 3.93. The van der Waals surface area contributed by atoms with Gasteiger partial charge in [0, 0.05) is 13.0 Å². The molecule has 0 aliphatic rings. The van der Waals surface area contributed by atoms with Gasteiger partial charge in [-0.1, -0.05) is 29.8 Å². The fraction of sp³-hybridized carbons (Fsp3) is 0.214. The van der Waals surface area contributed by atoms with E-state index in [1.54, 1.807) is 18.2 Å². The minimum Gasteiger partial charge on any atom is -0.494 e. The van der Waals surface area contributed by atoms with Crippen molar-refractivity contribution >= 4 is 5.91 Å². The van der Waals surface area contributed by atoms with Gasteiger partial charge in [0.1, 0.15) is 5.56 Å². The topological polar surface area (TPSA) is 118 Å². The molecule has 0 saturated carbocycles. The van der Waals surface area contributed by atoms with E-state index in [-0.39, 0.29) is 18.5 Å². The number of primary amides is 1.